The molecule has 0 fully saturated rings. The van der Waals surface area contributed by atoms with E-state index in [4.69, 9.17) is 6.42 Å². The highest BCUT2D eigenvalue weighted by Crippen LogP contribution is 2.24. The highest BCUT2D eigenvalue weighted by molar-refractivity contribution is 5.95. The zero-order valence-corrected chi connectivity index (χ0v) is 9.19. The fraction of sp³-hybridized carbons (Fsp3) is 0.182. The van der Waals surface area contributed by atoms with Crippen molar-refractivity contribution in [3.05, 3.63) is 33.9 Å². The molecule has 0 spiro atoms. The van der Waals surface area contributed by atoms with Gasteiger partial charge in [0.15, 0.2) is 0 Å². The van der Waals surface area contributed by atoms with Crippen LogP contribution in [0.1, 0.15) is 10.4 Å². The van der Waals surface area contributed by atoms with Crippen LogP contribution in [0.25, 0.3) is 0 Å². The summed E-state index contributed by atoms with van der Waals surface area (Å²) in [6, 6.07) is 4.17. The molecule has 0 aromatic heterocycles. The van der Waals surface area contributed by atoms with Crippen molar-refractivity contribution in [3.8, 4) is 12.3 Å². The minimum atomic E-state index is -0.552. The molecule has 1 aromatic rings. The number of benzene rings is 1. The summed E-state index contributed by atoms with van der Waals surface area (Å²) in [5, 5.41) is 15.9. The molecule has 0 saturated carbocycles. The molecule has 6 heteroatoms. The molecule has 1 rings (SSSR count). The number of carbonyl (C=O) groups is 1. The Balaban J connectivity index is 3.04. The van der Waals surface area contributed by atoms with Gasteiger partial charge in [-0.1, -0.05) is 5.92 Å². The van der Waals surface area contributed by atoms with E-state index in [0.717, 1.165) is 0 Å². The second kappa shape index (κ2) is 5.51. The molecule has 0 heterocycles. The molecule has 2 N–H and O–H groups in total. The van der Waals surface area contributed by atoms with E-state index >= 15 is 0 Å². The molecule has 0 saturated heterocycles. The van der Waals surface area contributed by atoms with Gasteiger partial charge < -0.3 is 10.6 Å². The summed E-state index contributed by atoms with van der Waals surface area (Å²) in [4.78, 5) is 21.7. The number of hydrogen-bond donors (Lipinski definition) is 2. The van der Waals surface area contributed by atoms with Gasteiger partial charge >= 0.3 is 0 Å². The van der Waals surface area contributed by atoms with Gasteiger partial charge in [-0.25, -0.2) is 0 Å². The van der Waals surface area contributed by atoms with Crippen molar-refractivity contribution >= 4 is 17.3 Å². The van der Waals surface area contributed by atoms with Gasteiger partial charge in [-0.2, -0.15) is 0 Å². The summed E-state index contributed by atoms with van der Waals surface area (Å²) in [6.45, 7) is 0.0837. The SMILES string of the molecule is C#CCNC(=O)c1ccc(NC)c([N+](=O)[O-])c1. The molecule has 0 atom stereocenters. The van der Waals surface area contributed by atoms with Crippen LogP contribution in [-0.4, -0.2) is 24.4 Å². The van der Waals surface area contributed by atoms with Gasteiger partial charge in [0, 0.05) is 18.7 Å². The van der Waals surface area contributed by atoms with Crippen LogP contribution >= 0.6 is 0 Å². The predicted molar refractivity (Wildman–Crippen MR) is 63.8 cm³/mol. The van der Waals surface area contributed by atoms with Crippen LogP contribution in [0.4, 0.5) is 11.4 Å². The number of carbonyl (C=O) groups excluding carboxylic acids is 1. The normalized spacial score (nSPS) is 9.18. The summed E-state index contributed by atoms with van der Waals surface area (Å²) in [5.41, 5.74) is 0.398. The Morgan fingerprint density at radius 2 is 2.29 bits per heavy atom. The van der Waals surface area contributed by atoms with Crippen LogP contribution in [0.15, 0.2) is 18.2 Å². The van der Waals surface area contributed by atoms with E-state index in [1.54, 1.807) is 7.05 Å². The van der Waals surface area contributed by atoms with Crippen LogP contribution < -0.4 is 10.6 Å². The number of nitrogens with zero attached hydrogens (tertiary/aromatic N) is 1. The molecule has 88 valence electrons. The minimum absolute atomic E-state index is 0.0837. The highest BCUT2D eigenvalue weighted by atomic mass is 16.6. The molecular weight excluding hydrogens is 222 g/mol. The number of nitro groups is 1. The largest absolute Gasteiger partial charge is 0.383 e. The number of nitrogens with one attached hydrogen (secondary N) is 2. The van der Waals surface area contributed by atoms with E-state index in [1.807, 2.05) is 0 Å². The summed E-state index contributed by atoms with van der Waals surface area (Å²) in [5.74, 6) is 1.81. The maximum Gasteiger partial charge on any atom is 0.293 e. The summed E-state index contributed by atoms with van der Waals surface area (Å²) in [7, 11) is 1.57. The standard InChI is InChI=1S/C11H11N3O3/c1-3-6-13-11(15)8-4-5-9(12-2)10(7-8)14(16)17/h1,4-5,7,12H,6H2,2H3,(H,13,15). The molecule has 0 aliphatic rings. The van der Waals surface area contributed by atoms with Crippen molar-refractivity contribution in [2.45, 2.75) is 0 Å². The zero-order chi connectivity index (χ0) is 12.8. The van der Waals surface area contributed by atoms with Crippen LogP contribution in [0.5, 0.6) is 0 Å². The third kappa shape index (κ3) is 2.95. The first-order valence-electron chi connectivity index (χ1n) is 4.78. The lowest BCUT2D eigenvalue weighted by Gasteiger charge is -2.05. The van der Waals surface area contributed by atoms with Crippen LogP contribution in [0, 0.1) is 22.5 Å². The monoisotopic (exact) mass is 233 g/mol. The number of rotatable bonds is 4. The van der Waals surface area contributed by atoms with Gasteiger partial charge in [0.25, 0.3) is 11.6 Å². The van der Waals surface area contributed by atoms with Crippen molar-refractivity contribution in [1.82, 2.24) is 5.32 Å². The Kier molecular flexibility index (Phi) is 4.06. The lowest BCUT2D eigenvalue weighted by Crippen LogP contribution is -2.23. The van der Waals surface area contributed by atoms with E-state index in [1.165, 1.54) is 18.2 Å². The third-order valence-corrected chi connectivity index (χ3v) is 2.08. The molecule has 0 bridgehead atoms. The van der Waals surface area contributed by atoms with Crippen LogP contribution in [0.3, 0.4) is 0 Å². The third-order valence-electron chi connectivity index (χ3n) is 2.08. The summed E-state index contributed by atoms with van der Waals surface area (Å²) >= 11 is 0. The predicted octanol–water partition coefficient (Wildman–Crippen LogP) is 0.999. The van der Waals surface area contributed by atoms with Gasteiger partial charge in [0.2, 0.25) is 0 Å². The van der Waals surface area contributed by atoms with E-state index in [-0.39, 0.29) is 17.8 Å². The van der Waals surface area contributed by atoms with Gasteiger partial charge in [-0.15, -0.1) is 6.42 Å². The maximum atomic E-state index is 11.5. The molecule has 0 aliphatic heterocycles. The number of nitro benzene ring substituents is 1. The fourth-order valence-electron chi connectivity index (χ4n) is 1.27. The first-order valence-corrected chi connectivity index (χ1v) is 4.78. The molecule has 6 nitrogen and oxygen atoms in total. The topological polar surface area (TPSA) is 84.3 Å². The Morgan fingerprint density at radius 1 is 1.59 bits per heavy atom. The first-order chi connectivity index (χ1) is 8.10. The number of terminal acetylenes is 1. The second-order valence-corrected chi connectivity index (χ2v) is 3.13. The van der Waals surface area contributed by atoms with Crippen LogP contribution in [0.2, 0.25) is 0 Å². The van der Waals surface area contributed by atoms with Gasteiger partial charge in [0.1, 0.15) is 5.69 Å². The Hall–Kier alpha value is -2.55. The van der Waals surface area contributed by atoms with E-state index in [9.17, 15) is 14.9 Å². The molecule has 0 aliphatic carbocycles. The second-order valence-electron chi connectivity index (χ2n) is 3.13. The molecular formula is C11H11N3O3. The van der Waals surface area contributed by atoms with Crippen molar-refractivity contribution in [2.24, 2.45) is 0 Å². The molecule has 0 unspecified atom stereocenters. The minimum Gasteiger partial charge on any atom is -0.383 e. The van der Waals surface area contributed by atoms with Crippen molar-refractivity contribution in [1.29, 1.82) is 0 Å². The quantitative estimate of drug-likeness (QED) is 0.461. The Labute approximate surface area is 98.2 Å². The molecule has 0 radical (unpaired) electrons. The van der Waals surface area contributed by atoms with Gasteiger partial charge in [0.05, 0.1) is 11.5 Å². The van der Waals surface area contributed by atoms with Crippen molar-refractivity contribution < 1.29 is 9.72 Å². The zero-order valence-electron chi connectivity index (χ0n) is 9.19. The van der Waals surface area contributed by atoms with E-state index in [2.05, 4.69) is 16.6 Å². The molecule has 1 aromatic carbocycles. The van der Waals surface area contributed by atoms with E-state index < -0.39 is 10.8 Å². The van der Waals surface area contributed by atoms with Gasteiger partial charge in [-0.3, -0.25) is 14.9 Å². The number of hydrogen-bond acceptors (Lipinski definition) is 4. The Bertz CT molecular complexity index is 491. The summed E-state index contributed by atoms with van der Waals surface area (Å²) < 4.78 is 0. The van der Waals surface area contributed by atoms with Gasteiger partial charge in [-0.05, 0) is 12.1 Å². The highest BCUT2D eigenvalue weighted by Gasteiger charge is 2.16. The molecule has 1 amide bonds. The van der Waals surface area contributed by atoms with Crippen LogP contribution in [-0.2, 0) is 0 Å². The average molecular weight is 233 g/mol. The maximum absolute atomic E-state index is 11.5. The average Bonchev–Trinajstić information content (AvgIpc) is 2.34. The number of anilines is 1. The first kappa shape index (κ1) is 12.5. The van der Waals surface area contributed by atoms with E-state index in [0.29, 0.717) is 5.69 Å². The number of amides is 1. The fourth-order valence-corrected chi connectivity index (χ4v) is 1.27. The lowest BCUT2D eigenvalue weighted by molar-refractivity contribution is -0.384. The van der Waals surface area contributed by atoms with Crippen molar-refractivity contribution in [3.63, 3.8) is 0 Å². The lowest BCUT2D eigenvalue weighted by atomic mass is 10.1. The Morgan fingerprint density at radius 3 is 2.82 bits per heavy atom. The smallest absolute Gasteiger partial charge is 0.293 e. The van der Waals surface area contributed by atoms with Crippen molar-refractivity contribution in [2.75, 3.05) is 18.9 Å². The summed E-state index contributed by atoms with van der Waals surface area (Å²) in [6.07, 6.45) is 5.00. The molecule has 17 heavy (non-hydrogen) atoms.